The molecule has 0 fully saturated rings. The molecule has 0 aliphatic carbocycles. The van der Waals surface area contributed by atoms with Gasteiger partial charge in [-0.05, 0) is 56.3 Å². The first kappa shape index (κ1) is 22.3. The molecule has 0 aliphatic heterocycles. The number of thioether (sulfide) groups is 1. The summed E-state index contributed by atoms with van der Waals surface area (Å²) >= 11 is 1.31. The molecule has 2 N–H and O–H groups in total. The minimum absolute atomic E-state index is 0.0912. The molecule has 0 bridgehead atoms. The monoisotopic (exact) mass is 416 g/mol. The molecular formula is C21H24N2O5S. The van der Waals surface area contributed by atoms with Crippen LogP contribution in [-0.4, -0.2) is 43.3 Å². The van der Waals surface area contributed by atoms with Crippen LogP contribution in [0.4, 0.5) is 5.69 Å². The van der Waals surface area contributed by atoms with Crippen molar-refractivity contribution in [3.8, 4) is 5.75 Å². The first-order valence-electron chi connectivity index (χ1n) is 9.21. The summed E-state index contributed by atoms with van der Waals surface area (Å²) in [6.07, 6.45) is 0. The van der Waals surface area contributed by atoms with Crippen LogP contribution in [0.15, 0.2) is 53.4 Å². The summed E-state index contributed by atoms with van der Waals surface area (Å²) in [5.74, 6) is -0.324. The second-order valence-electron chi connectivity index (χ2n) is 5.84. The Morgan fingerprint density at radius 3 is 2.48 bits per heavy atom. The van der Waals surface area contributed by atoms with Crippen molar-refractivity contribution >= 4 is 35.2 Å². The van der Waals surface area contributed by atoms with Crippen LogP contribution in [0, 0.1) is 0 Å². The Morgan fingerprint density at radius 2 is 1.79 bits per heavy atom. The van der Waals surface area contributed by atoms with E-state index < -0.39 is 18.5 Å². The number of benzene rings is 2. The maximum Gasteiger partial charge on any atom is 0.316 e. The topological polar surface area (TPSA) is 93.7 Å². The predicted octanol–water partition coefficient (Wildman–Crippen LogP) is 3.11. The molecule has 2 aromatic rings. The highest BCUT2D eigenvalue weighted by Crippen LogP contribution is 2.21. The third kappa shape index (κ3) is 7.87. The Kier molecular flexibility index (Phi) is 9.04. The van der Waals surface area contributed by atoms with Gasteiger partial charge in [0.1, 0.15) is 5.75 Å². The van der Waals surface area contributed by atoms with E-state index in [1.165, 1.54) is 11.8 Å². The molecular weight excluding hydrogens is 392 g/mol. The maximum absolute atomic E-state index is 12.0. The first-order chi connectivity index (χ1) is 14.0. The fraction of sp³-hybridized carbons (Fsp3) is 0.286. The number of nitrogens with one attached hydrogen (secondary N) is 2. The lowest BCUT2D eigenvalue weighted by Gasteiger charge is -2.08. The van der Waals surface area contributed by atoms with Crippen LogP contribution < -0.4 is 15.4 Å². The smallest absolute Gasteiger partial charge is 0.316 e. The number of carbonyl (C=O) groups is 3. The third-order valence-electron chi connectivity index (χ3n) is 3.60. The summed E-state index contributed by atoms with van der Waals surface area (Å²) in [5, 5.41) is 5.30. The molecule has 7 nitrogen and oxygen atoms in total. The summed E-state index contributed by atoms with van der Waals surface area (Å²) in [6, 6.07) is 13.9. The molecule has 0 unspecified atom stereocenters. The van der Waals surface area contributed by atoms with Crippen LogP contribution in [0.5, 0.6) is 5.75 Å². The summed E-state index contributed by atoms with van der Waals surface area (Å²) in [5.41, 5.74) is 0.895. The molecule has 2 aromatic carbocycles. The van der Waals surface area contributed by atoms with Gasteiger partial charge in [0.25, 0.3) is 11.8 Å². The van der Waals surface area contributed by atoms with E-state index in [2.05, 4.69) is 10.6 Å². The molecule has 2 rings (SSSR count). The molecule has 0 aromatic heterocycles. The third-order valence-corrected chi connectivity index (χ3v) is 4.59. The highest BCUT2D eigenvalue weighted by Gasteiger charge is 2.10. The normalized spacial score (nSPS) is 10.1. The van der Waals surface area contributed by atoms with Crippen molar-refractivity contribution in [2.75, 3.05) is 30.8 Å². The van der Waals surface area contributed by atoms with E-state index in [1.807, 2.05) is 38.1 Å². The number of rotatable bonds is 10. The van der Waals surface area contributed by atoms with E-state index in [-0.39, 0.29) is 11.7 Å². The van der Waals surface area contributed by atoms with Gasteiger partial charge in [-0.3, -0.25) is 14.4 Å². The fourth-order valence-electron chi connectivity index (χ4n) is 2.33. The van der Waals surface area contributed by atoms with Gasteiger partial charge in [0.05, 0.1) is 12.4 Å². The van der Waals surface area contributed by atoms with Crippen LogP contribution in [0.25, 0.3) is 0 Å². The van der Waals surface area contributed by atoms with E-state index in [0.29, 0.717) is 24.4 Å². The molecule has 0 saturated carbocycles. The van der Waals surface area contributed by atoms with Crippen LogP contribution in [0.2, 0.25) is 0 Å². The van der Waals surface area contributed by atoms with Crippen molar-refractivity contribution in [2.24, 2.45) is 0 Å². The molecule has 0 saturated heterocycles. The van der Waals surface area contributed by atoms with Crippen molar-refractivity contribution in [2.45, 2.75) is 18.7 Å². The van der Waals surface area contributed by atoms with Gasteiger partial charge in [-0.1, -0.05) is 6.07 Å². The van der Waals surface area contributed by atoms with E-state index in [9.17, 15) is 14.4 Å². The number of anilines is 1. The molecule has 0 aliphatic rings. The minimum atomic E-state index is -0.491. The van der Waals surface area contributed by atoms with Gasteiger partial charge in [-0.25, -0.2) is 0 Å². The zero-order valence-corrected chi connectivity index (χ0v) is 17.2. The fourth-order valence-corrected chi connectivity index (χ4v) is 3.02. The van der Waals surface area contributed by atoms with Crippen molar-refractivity contribution < 1.29 is 23.9 Å². The van der Waals surface area contributed by atoms with Crippen molar-refractivity contribution in [3.05, 3.63) is 54.1 Å². The molecule has 0 atom stereocenters. The van der Waals surface area contributed by atoms with E-state index in [0.717, 1.165) is 10.6 Å². The lowest BCUT2D eigenvalue weighted by molar-refractivity contribution is -0.144. The molecule has 2 amide bonds. The van der Waals surface area contributed by atoms with Crippen molar-refractivity contribution in [1.82, 2.24) is 5.32 Å². The lowest BCUT2D eigenvalue weighted by atomic mass is 10.2. The van der Waals surface area contributed by atoms with Gasteiger partial charge in [-0.2, -0.15) is 0 Å². The maximum atomic E-state index is 12.0. The molecule has 0 heterocycles. The Bertz CT molecular complexity index is 839. The Hall–Kier alpha value is -3.00. The highest BCUT2D eigenvalue weighted by molar-refractivity contribution is 8.00. The largest absolute Gasteiger partial charge is 0.494 e. The molecule has 0 radical (unpaired) electrons. The summed E-state index contributed by atoms with van der Waals surface area (Å²) in [7, 11) is 0. The van der Waals surface area contributed by atoms with E-state index >= 15 is 0 Å². The summed E-state index contributed by atoms with van der Waals surface area (Å²) in [6.45, 7) is 4.45. The quantitative estimate of drug-likeness (QED) is 0.457. The first-order valence-corrected chi connectivity index (χ1v) is 10.2. The molecule has 29 heavy (non-hydrogen) atoms. The van der Waals surface area contributed by atoms with Gasteiger partial charge in [0.15, 0.2) is 6.61 Å². The number of amides is 2. The summed E-state index contributed by atoms with van der Waals surface area (Å²) in [4.78, 5) is 36.6. The Balaban J connectivity index is 1.75. The lowest BCUT2D eigenvalue weighted by Crippen LogP contribution is -2.24. The van der Waals surface area contributed by atoms with Gasteiger partial charge >= 0.3 is 5.97 Å². The zero-order chi connectivity index (χ0) is 21.1. The Morgan fingerprint density at radius 1 is 1.03 bits per heavy atom. The average Bonchev–Trinajstić information content (AvgIpc) is 2.72. The minimum Gasteiger partial charge on any atom is -0.494 e. The average molecular weight is 416 g/mol. The van der Waals surface area contributed by atoms with Crippen molar-refractivity contribution in [1.29, 1.82) is 0 Å². The SMILES string of the molecule is CCNC(=O)c1cccc(NC(=O)COC(=O)CSc2ccc(OCC)cc2)c1. The molecule has 154 valence electrons. The second-order valence-corrected chi connectivity index (χ2v) is 6.89. The Labute approximate surface area is 174 Å². The number of carbonyl (C=O) groups excluding carboxylic acids is 3. The van der Waals surface area contributed by atoms with Gasteiger partial charge < -0.3 is 20.1 Å². The number of esters is 1. The number of hydrogen-bond acceptors (Lipinski definition) is 6. The zero-order valence-electron chi connectivity index (χ0n) is 16.4. The van der Waals surface area contributed by atoms with Crippen LogP contribution in [0.3, 0.4) is 0 Å². The van der Waals surface area contributed by atoms with E-state index in [1.54, 1.807) is 24.3 Å². The van der Waals surface area contributed by atoms with Gasteiger partial charge in [0, 0.05) is 22.7 Å². The number of ether oxygens (including phenoxy) is 2. The summed E-state index contributed by atoms with van der Waals surface area (Å²) < 4.78 is 10.4. The van der Waals surface area contributed by atoms with Gasteiger partial charge in [-0.15, -0.1) is 11.8 Å². The van der Waals surface area contributed by atoms with Crippen LogP contribution in [0.1, 0.15) is 24.2 Å². The number of hydrogen-bond donors (Lipinski definition) is 2. The van der Waals surface area contributed by atoms with Crippen LogP contribution >= 0.6 is 11.8 Å². The highest BCUT2D eigenvalue weighted by atomic mass is 32.2. The van der Waals surface area contributed by atoms with E-state index in [4.69, 9.17) is 9.47 Å². The standard InChI is InChI=1S/C21H24N2O5S/c1-3-22-21(26)15-6-5-7-16(12-15)23-19(24)13-28-20(25)14-29-18-10-8-17(9-11-18)27-4-2/h5-12H,3-4,13-14H2,1-2H3,(H,22,26)(H,23,24). The predicted molar refractivity (Wildman–Crippen MR) is 112 cm³/mol. The van der Waals surface area contributed by atoms with Crippen LogP contribution in [-0.2, 0) is 14.3 Å². The molecule has 8 heteroatoms. The van der Waals surface area contributed by atoms with Crippen molar-refractivity contribution in [3.63, 3.8) is 0 Å². The van der Waals surface area contributed by atoms with Gasteiger partial charge in [0.2, 0.25) is 0 Å². The molecule has 0 spiro atoms. The second kappa shape index (κ2) is 11.8.